The third kappa shape index (κ3) is 5.66. The Morgan fingerprint density at radius 3 is 2.35 bits per heavy atom. The summed E-state index contributed by atoms with van der Waals surface area (Å²) in [4.78, 5) is 26.5. The van der Waals surface area contributed by atoms with Crippen molar-refractivity contribution in [2.75, 3.05) is 0 Å². The molecule has 0 saturated heterocycles. The fraction of sp³-hybridized carbons (Fsp3) is 0.414. The third-order valence-corrected chi connectivity index (χ3v) is 7.65. The van der Waals surface area contributed by atoms with Crippen LogP contribution in [0.2, 0.25) is 0 Å². The van der Waals surface area contributed by atoms with Crippen molar-refractivity contribution in [3.63, 3.8) is 0 Å². The van der Waals surface area contributed by atoms with Gasteiger partial charge in [-0.2, -0.15) is 13.9 Å². The minimum absolute atomic E-state index is 0.0281. The summed E-state index contributed by atoms with van der Waals surface area (Å²) in [6, 6.07) is 5.12. The van der Waals surface area contributed by atoms with Crippen molar-refractivity contribution in [3.05, 3.63) is 71.6 Å². The van der Waals surface area contributed by atoms with Crippen LogP contribution in [0.1, 0.15) is 79.2 Å². The predicted molar refractivity (Wildman–Crippen MR) is 150 cm³/mol. The summed E-state index contributed by atoms with van der Waals surface area (Å²) in [5.74, 6) is -1.02. The maximum Gasteiger partial charge on any atom is 0.387 e. The molecule has 43 heavy (non-hydrogen) atoms. The first kappa shape index (κ1) is 30.4. The Kier molecular flexibility index (Phi) is 8.38. The largest absolute Gasteiger partial charge is 0.434 e. The second-order valence-electron chi connectivity index (χ2n) is 10.5. The second kappa shape index (κ2) is 11.9. The van der Waals surface area contributed by atoms with Crippen molar-refractivity contribution in [1.82, 2.24) is 29.5 Å². The lowest BCUT2D eigenvalue weighted by Gasteiger charge is -2.34. The number of fused-ring (bicyclic) bond motifs is 9. The molecule has 12 nitrogen and oxygen atoms in total. The number of carbonyl (C=O) groups is 1. The number of nitrogens with zero attached hydrogens (tertiary/aromatic N) is 6. The van der Waals surface area contributed by atoms with E-state index in [0.717, 1.165) is 5.92 Å². The SMILES string of the molecule is CC.CC1CC(N)C1.O=C1c2cccc(OC(F)F)c2C2CC(c3nn4ccc(-c5cncnc5)nc4c32)N1C(O)(O)O. The molecule has 5 N–H and O–H groups in total. The monoisotopic (exact) mass is 597 g/mol. The highest BCUT2D eigenvalue weighted by atomic mass is 19.3. The molecule has 1 aromatic carbocycles. The van der Waals surface area contributed by atoms with E-state index in [2.05, 4.69) is 27.0 Å². The predicted octanol–water partition coefficient (Wildman–Crippen LogP) is 3.18. The van der Waals surface area contributed by atoms with Gasteiger partial charge in [0, 0.05) is 52.8 Å². The summed E-state index contributed by atoms with van der Waals surface area (Å²) in [7, 11) is 0. The standard InChI is InChI=1S/C22H16F2N6O5.C5H11N.C2H6/c23-21(24)35-15-3-1-2-11-16(15)12-6-14(30(20(11)31)22(32,33)34)18-17(12)19-27-13(4-5-29(19)28-18)10-7-25-9-26-8-10;1-4-2-5(6)3-4;1-2/h1-5,7-9,12,14,21,32-34H,6H2;4-5H,2-3,6H2,1H3;1-2H3. The van der Waals surface area contributed by atoms with Crippen LogP contribution in [-0.2, 0) is 0 Å². The number of rotatable bonds is 4. The van der Waals surface area contributed by atoms with Crippen molar-refractivity contribution < 1.29 is 33.6 Å². The molecule has 7 rings (SSSR count). The number of hydrogen-bond acceptors (Lipinski definition) is 10. The zero-order chi connectivity index (χ0) is 31.1. The Morgan fingerprint density at radius 2 is 1.77 bits per heavy atom. The van der Waals surface area contributed by atoms with Gasteiger partial charge in [-0.15, -0.1) is 0 Å². The van der Waals surface area contributed by atoms with E-state index in [1.807, 2.05) is 13.8 Å². The van der Waals surface area contributed by atoms with Crippen molar-refractivity contribution in [2.45, 2.75) is 70.7 Å². The Labute approximate surface area is 245 Å². The maximum absolute atomic E-state index is 13.3. The van der Waals surface area contributed by atoms with E-state index in [1.54, 1.807) is 24.7 Å². The number of nitrogens with two attached hydrogens (primary N) is 1. The topological polar surface area (TPSA) is 172 Å². The Morgan fingerprint density at radius 1 is 1.07 bits per heavy atom. The fourth-order valence-corrected chi connectivity index (χ4v) is 5.95. The number of hydrogen-bond donors (Lipinski definition) is 4. The summed E-state index contributed by atoms with van der Waals surface area (Å²) in [5.41, 5.74) is 7.72. The molecular weight excluding hydrogens is 564 g/mol. The molecule has 14 heteroatoms. The van der Waals surface area contributed by atoms with Crippen LogP contribution in [0.15, 0.2) is 49.2 Å². The first-order valence-corrected chi connectivity index (χ1v) is 14.0. The number of carbonyl (C=O) groups excluding carboxylic acids is 1. The van der Waals surface area contributed by atoms with Gasteiger partial charge in [-0.05, 0) is 43.4 Å². The highest BCUT2D eigenvalue weighted by Gasteiger charge is 2.52. The molecule has 1 saturated carbocycles. The van der Waals surface area contributed by atoms with Crippen LogP contribution >= 0.6 is 0 Å². The molecule has 2 unspecified atom stereocenters. The highest BCUT2D eigenvalue weighted by molar-refractivity contribution is 5.98. The molecule has 0 spiro atoms. The van der Waals surface area contributed by atoms with Gasteiger partial charge >= 0.3 is 12.7 Å². The minimum Gasteiger partial charge on any atom is -0.434 e. The van der Waals surface area contributed by atoms with Crippen molar-refractivity contribution in [3.8, 4) is 17.0 Å². The number of aliphatic hydroxyl groups is 3. The van der Waals surface area contributed by atoms with Crippen LogP contribution in [-0.4, -0.2) is 69.4 Å². The van der Waals surface area contributed by atoms with Gasteiger partial charge < -0.3 is 25.8 Å². The molecule has 1 fully saturated rings. The first-order valence-electron chi connectivity index (χ1n) is 14.0. The molecule has 0 radical (unpaired) electrons. The van der Waals surface area contributed by atoms with E-state index in [-0.39, 0.29) is 29.0 Å². The number of benzene rings is 1. The van der Waals surface area contributed by atoms with E-state index in [1.165, 1.54) is 41.9 Å². The molecule has 4 aromatic rings. The van der Waals surface area contributed by atoms with E-state index >= 15 is 0 Å². The van der Waals surface area contributed by atoms with Gasteiger partial charge in [-0.1, -0.05) is 26.8 Å². The van der Waals surface area contributed by atoms with Gasteiger partial charge in [0.25, 0.3) is 5.91 Å². The fourth-order valence-electron chi connectivity index (χ4n) is 5.95. The highest BCUT2D eigenvalue weighted by Crippen LogP contribution is 2.54. The summed E-state index contributed by atoms with van der Waals surface area (Å²) in [6.07, 6.45) is 5.14. The van der Waals surface area contributed by atoms with Crippen LogP contribution in [0.4, 0.5) is 8.78 Å². The normalized spacial score (nSPS) is 22.0. The first-order chi connectivity index (χ1) is 20.5. The van der Waals surface area contributed by atoms with Crippen molar-refractivity contribution in [1.29, 1.82) is 0 Å². The number of alkyl halides is 2. The molecule has 2 atom stereocenters. The molecular formula is C29H33F2N7O5. The number of aromatic nitrogens is 5. The van der Waals surface area contributed by atoms with E-state index in [0.29, 0.717) is 33.4 Å². The van der Waals surface area contributed by atoms with Crippen molar-refractivity contribution in [2.24, 2.45) is 11.7 Å². The summed E-state index contributed by atoms with van der Waals surface area (Å²) in [5, 5.41) is 34.8. The molecule has 3 aromatic heterocycles. The van der Waals surface area contributed by atoms with Gasteiger partial charge in [0.05, 0.1) is 17.4 Å². The van der Waals surface area contributed by atoms with Gasteiger partial charge in [-0.25, -0.2) is 19.5 Å². The summed E-state index contributed by atoms with van der Waals surface area (Å²) < 4.78 is 32.7. The van der Waals surface area contributed by atoms with Crippen LogP contribution < -0.4 is 10.5 Å². The quantitative estimate of drug-likeness (QED) is 0.256. The van der Waals surface area contributed by atoms with Crippen molar-refractivity contribution >= 4 is 11.6 Å². The van der Waals surface area contributed by atoms with E-state index in [9.17, 15) is 28.9 Å². The summed E-state index contributed by atoms with van der Waals surface area (Å²) in [6.45, 7) is 3.08. The average Bonchev–Trinajstić information content (AvgIpc) is 3.46. The molecule has 1 amide bonds. The zero-order valence-corrected chi connectivity index (χ0v) is 23.8. The van der Waals surface area contributed by atoms with Crippen LogP contribution in [0.25, 0.3) is 16.9 Å². The molecule has 3 aliphatic rings. The van der Waals surface area contributed by atoms with Crippen LogP contribution in [0, 0.1) is 5.92 Å². The molecule has 4 heterocycles. The molecule has 2 bridgehead atoms. The van der Waals surface area contributed by atoms with E-state index < -0.39 is 30.6 Å². The van der Waals surface area contributed by atoms with Gasteiger partial charge in [0.2, 0.25) is 0 Å². The van der Waals surface area contributed by atoms with Crippen LogP contribution in [0.5, 0.6) is 5.75 Å². The van der Waals surface area contributed by atoms with E-state index in [4.69, 9.17) is 10.5 Å². The smallest absolute Gasteiger partial charge is 0.387 e. The molecule has 2 aliphatic carbocycles. The van der Waals surface area contributed by atoms with Gasteiger partial charge in [0.15, 0.2) is 5.65 Å². The molecule has 228 valence electrons. The Hall–Kier alpha value is -4.11. The minimum atomic E-state index is -3.54. The lowest BCUT2D eigenvalue weighted by atomic mass is 9.83. The Balaban J connectivity index is 0.000000406. The van der Waals surface area contributed by atoms with Gasteiger partial charge in [-0.3, -0.25) is 9.69 Å². The zero-order valence-electron chi connectivity index (χ0n) is 23.8. The average molecular weight is 598 g/mol. The summed E-state index contributed by atoms with van der Waals surface area (Å²) >= 11 is 0. The van der Waals surface area contributed by atoms with Gasteiger partial charge in [0.1, 0.15) is 12.1 Å². The third-order valence-electron chi connectivity index (χ3n) is 7.65. The number of halogens is 2. The lowest BCUT2D eigenvalue weighted by Crippen LogP contribution is -2.53. The van der Waals surface area contributed by atoms with Crippen LogP contribution in [0.3, 0.4) is 0 Å². The maximum atomic E-state index is 13.3. The Bertz CT molecular complexity index is 1600. The second-order valence-corrected chi connectivity index (χ2v) is 10.5. The molecule has 1 aliphatic heterocycles. The number of amides is 1. The lowest BCUT2D eigenvalue weighted by molar-refractivity contribution is -0.385. The number of ether oxygens (including phenoxy) is 1.